The minimum absolute atomic E-state index is 0.180. The van der Waals surface area contributed by atoms with Gasteiger partial charge in [-0.05, 0) is 175 Å². The third kappa shape index (κ3) is 16.7. The molecule has 3 aliphatic rings. The second kappa shape index (κ2) is 28.2. The highest BCUT2D eigenvalue weighted by atomic mass is 19.1. The van der Waals surface area contributed by atoms with Crippen LogP contribution in [0.1, 0.15) is 139 Å². The van der Waals surface area contributed by atoms with Crippen molar-refractivity contribution in [1.29, 1.82) is 0 Å². The summed E-state index contributed by atoms with van der Waals surface area (Å²) in [5.41, 5.74) is 25.5. The number of piperidine rings is 1. The lowest BCUT2D eigenvalue weighted by atomic mass is 9.89. The third-order valence-electron chi connectivity index (χ3n) is 13.4. The van der Waals surface area contributed by atoms with Gasteiger partial charge < -0.3 is 31.9 Å². The van der Waals surface area contributed by atoms with E-state index in [1.165, 1.54) is 103 Å². The van der Waals surface area contributed by atoms with Gasteiger partial charge in [-0.3, -0.25) is 0 Å². The average molecular weight is 873 g/mol. The van der Waals surface area contributed by atoms with E-state index in [1.807, 2.05) is 19.2 Å². The Morgan fingerprint density at radius 2 is 1.58 bits per heavy atom. The molecule has 0 bridgehead atoms. The molecule has 2 aliphatic carbocycles. The van der Waals surface area contributed by atoms with Crippen LogP contribution in [0.5, 0.6) is 0 Å². The first kappa shape index (κ1) is 51.9. The van der Waals surface area contributed by atoms with E-state index < -0.39 is 0 Å². The van der Waals surface area contributed by atoms with Crippen LogP contribution >= 0.6 is 0 Å². The maximum atomic E-state index is 13.4. The number of benzene rings is 3. The first-order valence-electron chi connectivity index (χ1n) is 24.8. The predicted molar refractivity (Wildman–Crippen MR) is 276 cm³/mol. The minimum atomic E-state index is -0.180. The van der Waals surface area contributed by atoms with Gasteiger partial charge in [-0.1, -0.05) is 113 Å². The molecule has 2 unspecified atom stereocenters. The van der Waals surface area contributed by atoms with Gasteiger partial charge in [0.25, 0.3) is 0 Å². The molecule has 6 nitrogen and oxygen atoms in total. The number of likely N-dealkylation sites (tertiary alicyclic amines) is 1. The molecule has 0 radical (unpaired) electrons. The molecule has 1 saturated heterocycles. The number of likely N-dealkylation sites (N-methyl/N-ethyl adjacent to an activating group) is 1. The van der Waals surface area contributed by atoms with Crippen LogP contribution in [0.3, 0.4) is 0 Å². The summed E-state index contributed by atoms with van der Waals surface area (Å²) in [6.07, 6.45) is 26.4. The van der Waals surface area contributed by atoms with E-state index in [9.17, 15) is 4.39 Å². The lowest BCUT2D eigenvalue weighted by molar-refractivity contribution is 0.241. The highest BCUT2D eigenvalue weighted by Crippen LogP contribution is 2.31. The van der Waals surface area contributed by atoms with Crippen LogP contribution in [0.25, 0.3) is 0 Å². The van der Waals surface area contributed by atoms with Gasteiger partial charge in [0.05, 0.1) is 6.04 Å². The number of hydrogen-bond acceptors (Lipinski definition) is 6. The molecule has 0 amide bonds. The predicted octanol–water partition coefficient (Wildman–Crippen LogP) is 13.4. The number of aryl methyl sites for hydroxylation is 2. The van der Waals surface area contributed by atoms with Crippen molar-refractivity contribution in [3.05, 3.63) is 155 Å². The van der Waals surface area contributed by atoms with E-state index >= 15 is 0 Å². The summed E-state index contributed by atoms with van der Waals surface area (Å²) in [5, 5.41) is 7.09. The number of para-hydroxylation sites is 1. The van der Waals surface area contributed by atoms with Crippen molar-refractivity contribution >= 4 is 11.4 Å². The SMILES string of the molecule is C=C(CC)N(c1ccccc1)C1CCN(/C(=C/CCC)C(Cc2ccc(F)cc2)NC)CC1.C=C(NCC=C1CCC1)C(CCCC)CCc1c(C)cc(C)cc1N.NC=C1CCC1. The fourth-order valence-corrected chi connectivity index (χ4v) is 9.02. The molecule has 0 spiro atoms. The molecule has 6 N–H and O–H groups in total. The molecule has 3 fully saturated rings. The fourth-order valence-electron chi connectivity index (χ4n) is 9.02. The Bertz CT molecular complexity index is 1900. The normalized spacial score (nSPS) is 15.9. The van der Waals surface area contributed by atoms with E-state index in [-0.39, 0.29) is 11.9 Å². The second-order valence-electron chi connectivity index (χ2n) is 18.3. The zero-order chi connectivity index (χ0) is 46.3. The molecule has 2 saturated carbocycles. The van der Waals surface area contributed by atoms with Crippen molar-refractivity contribution in [1.82, 2.24) is 15.5 Å². The van der Waals surface area contributed by atoms with Crippen molar-refractivity contribution in [2.24, 2.45) is 11.7 Å². The molecular formula is C57H85FN6. The minimum Gasteiger partial charge on any atom is -0.405 e. The maximum Gasteiger partial charge on any atom is 0.123 e. The highest BCUT2D eigenvalue weighted by molar-refractivity contribution is 5.54. The Kier molecular flexibility index (Phi) is 22.9. The van der Waals surface area contributed by atoms with Gasteiger partial charge in [0, 0.05) is 54.1 Å². The number of nitrogen functional groups attached to an aromatic ring is 1. The number of nitrogens with two attached hydrogens (primary N) is 2. The summed E-state index contributed by atoms with van der Waals surface area (Å²) < 4.78 is 13.4. The molecule has 1 heterocycles. The van der Waals surface area contributed by atoms with Crippen molar-refractivity contribution < 1.29 is 4.39 Å². The number of nitrogens with one attached hydrogen (secondary N) is 2. The Morgan fingerprint density at radius 3 is 2.11 bits per heavy atom. The molecular weight excluding hydrogens is 788 g/mol. The number of unbranched alkanes of at least 4 members (excludes halogenated alkanes) is 2. The molecule has 7 heteroatoms. The average Bonchev–Trinajstić information content (AvgIpc) is 3.26. The third-order valence-corrected chi connectivity index (χ3v) is 13.4. The fraction of sp³-hybridized carbons (Fsp3) is 0.509. The first-order valence-corrected chi connectivity index (χ1v) is 24.8. The van der Waals surface area contributed by atoms with Crippen molar-refractivity contribution in [2.45, 2.75) is 156 Å². The summed E-state index contributed by atoms with van der Waals surface area (Å²) in [5.74, 6) is 0.347. The Labute approximate surface area is 389 Å². The van der Waals surface area contributed by atoms with Gasteiger partial charge in [0.1, 0.15) is 5.82 Å². The van der Waals surface area contributed by atoms with Gasteiger partial charge >= 0.3 is 0 Å². The Morgan fingerprint density at radius 1 is 0.906 bits per heavy atom. The number of nitrogens with zero attached hydrogens (tertiary/aromatic N) is 2. The van der Waals surface area contributed by atoms with Crippen molar-refractivity contribution in [3.63, 3.8) is 0 Å². The largest absolute Gasteiger partial charge is 0.405 e. The number of rotatable bonds is 21. The van der Waals surface area contributed by atoms with E-state index in [2.05, 4.69) is 123 Å². The van der Waals surface area contributed by atoms with Crippen LogP contribution in [0.2, 0.25) is 0 Å². The maximum absolute atomic E-state index is 13.4. The monoisotopic (exact) mass is 873 g/mol. The molecule has 2 atom stereocenters. The van der Waals surface area contributed by atoms with Crippen LogP contribution in [-0.4, -0.2) is 43.7 Å². The molecule has 350 valence electrons. The highest BCUT2D eigenvalue weighted by Gasteiger charge is 2.29. The lowest BCUT2D eigenvalue weighted by Crippen LogP contribution is -2.47. The van der Waals surface area contributed by atoms with Crippen LogP contribution in [0, 0.1) is 25.6 Å². The summed E-state index contributed by atoms with van der Waals surface area (Å²) in [4.78, 5) is 5.02. The van der Waals surface area contributed by atoms with Crippen LogP contribution in [-0.2, 0) is 12.8 Å². The molecule has 3 aromatic carbocycles. The van der Waals surface area contributed by atoms with E-state index in [1.54, 1.807) is 23.9 Å². The van der Waals surface area contributed by atoms with Crippen LogP contribution in [0.4, 0.5) is 15.8 Å². The molecule has 1 aliphatic heterocycles. The Hall–Kier alpha value is -4.75. The number of halogens is 1. The number of allylic oxidation sites excluding steroid dienone is 5. The zero-order valence-corrected chi connectivity index (χ0v) is 40.8. The van der Waals surface area contributed by atoms with Gasteiger partial charge in [-0.25, -0.2) is 4.39 Å². The lowest BCUT2D eigenvalue weighted by Gasteiger charge is -2.43. The van der Waals surface area contributed by atoms with E-state index in [0.29, 0.717) is 12.0 Å². The topological polar surface area (TPSA) is 82.6 Å². The summed E-state index contributed by atoms with van der Waals surface area (Å²) >= 11 is 0. The molecule has 64 heavy (non-hydrogen) atoms. The van der Waals surface area contributed by atoms with Crippen LogP contribution in [0.15, 0.2) is 126 Å². The van der Waals surface area contributed by atoms with Gasteiger partial charge in [-0.2, -0.15) is 0 Å². The standard InChI is InChI=1S/C29H40FN3.C23H36N2.C5H9N/c1-5-7-13-29(28(31-4)22-24-14-16-25(30)17-15-24)32-20-18-27(19-21-32)33(23(3)6-2)26-11-9-8-10-12-26;1-5-6-10-21(19(4)25-14-13-20-8-7-9-20)11-12-22-18(3)15-17(2)16-23(22)24;6-4-5-2-1-3-5/h8-17,27-28,31H,3,5-7,18-22H2,1-2,4H3;13,15-16,21,25H,4-12,14,24H2,1-3H3;4H,1-3,6H2/b29-13+;;. The second-order valence-corrected chi connectivity index (χ2v) is 18.3. The first-order chi connectivity index (χ1) is 31.0. The smallest absolute Gasteiger partial charge is 0.123 e. The van der Waals surface area contributed by atoms with Gasteiger partial charge in [0.15, 0.2) is 0 Å². The molecule has 6 rings (SSSR count). The molecule has 0 aromatic heterocycles. The van der Waals surface area contributed by atoms with Gasteiger partial charge in [-0.15, -0.1) is 0 Å². The molecule has 3 aromatic rings. The van der Waals surface area contributed by atoms with E-state index in [4.69, 9.17) is 11.5 Å². The summed E-state index contributed by atoms with van der Waals surface area (Å²) in [7, 11) is 2.03. The zero-order valence-electron chi connectivity index (χ0n) is 40.8. The van der Waals surface area contributed by atoms with Crippen molar-refractivity contribution in [3.8, 4) is 0 Å². The number of anilines is 2. The van der Waals surface area contributed by atoms with Crippen molar-refractivity contribution in [2.75, 3.05) is 37.3 Å². The summed E-state index contributed by atoms with van der Waals surface area (Å²) in [6.45, 7) is 22.7. The Balaban J connectivity index is 0.000000254. The van der Waals surface area contributed by atoms with Gasteiger partial charge in [0.2, 0.25) is 0 Å². The number of hydrogen-bond donors (Lipinski definition) is 4. The summed E-state index contributed by atoms with van der Waals surface area (Å²) in [6, 6.07) is 22.6. The van der Waals surface area contributed by atoms with Crippen LogP contribution < -0.4 is 27.0 Å². The van der Waals surface area contributed by atoms with E-state index in [0.717, 1.165) is 82.3 Å². The quantitative estimate of drug-likeness (QED) is 0.0631.